The smallest absolute Gasteiger partial charge is 0.352 e. The summed E-state index contributed by atoms with van der Waals surface area (Å²) in [6.45, 7) is 1.30. The second-order valence-electron chi connectivity index (χ2n) is 4.59. The zero-order valence-electron chi connectivity index (χ0n) is 9.60. The third-order valence-electron chi connectivity index (χ3n) is 3.02. The van der Waals surface area contributed by atoms with Crippen LogP contribution >= 0.6 is 0 Å². The van der Waals surface area contributed by atoms with Gasteiger partial charge in [-0.15, -0.1) is 0 Å². The Balaban J connectivity index is 2.57. The van der Waals surface area contributed by atoms with Gasteiger partial charge in [0.1, 0.15) is 5.41 Å². The van der Waals surface area contributed by atoms with Crippen LogP contribution in [0, 0.1) is 16.7 Å². The molecule has 0 aliphatic heterocycles. The number of rotatable bonds is 3. The van der Waals surface area contributed by atoms with E-state index in [0.29, 0.717) is 12.8 Å². The van der Waals surface area contributed by atoms with Crippen LogP contribution in [0.25, 0.3) is 0 Å². The number of carbonyl (C=O) groups excluding carboxylic acids is 1. The van der Waals surface area contributed by atoms with Crippen molar-refractivity contribution >= 4 is 5.91 Å². The van der Waals surface area contributed by atoms with E-state index in [2.05, 4.69) is 5.32 Å². The molecule has 0 spiro atoms. The van der Waals surface area contributed by atoms with Crippen LogP contribution in [-0.2, 0) is 4.79 Å². The van der Waals surface area contributed by atoms with Gasteiger partial charge in [0.05, 0.1) is 12.5 Å². The van der Waals surface area contributed by atoms with Gasteiger partial charge in [0.25, 0.3) is 0 Å². The number of hydrogen-bond donors (Lipinski definition) is 1. The summed E-state index contributed by atoms with van der Waals surface area (Å²) in [5.74, 6) is -0.561. The molecule has 0 aromatic rings. The van der Waals surface area contributed by atoms with Crippen LogP contribution < -0.4 is 5.32 Å². The molecular formula is C11H15F3N2O. The second-order valence-corrected chi connectivity index (χ2v) is 4.59. The Morgan fingerprint density at radius 2 is 2.00 bits per heavy atom. The fraction of sp³-hybridized carbons (Fsp3) is 0.818. The van der Waals surface area contributed by atoms with Gasteiger partial charge in [0.15, 0.2) is 0 Å². The average Bonchev–Trinajstić information content (AvgIpc) is 2.63. The summed E-state index contributed by atoms with van der Waals surface area (Å²) in [5, 5.41) is 11.3. The van der Waals surface area contributed by atoms with Gasteiger partial charge in [0.2, 0.25) is 5.91 Å². The Bertz CT molecular complexity index is 327. The molecular weight excluding hydrogens is 233 g/mol. The molecule has 1 aliphatic rings. The Morgan fingerprint density at radius 3 is 2.41 bits per heavy atom. The van der Waals surface area contributed by atoms with Gasteiger partial charge in [0, 0.05) is 6.04 Å². The van der Waals surface area contributed by atoms with Gasteiger partial charge in [-0.25, -0.2) is 0 Å². The van der Waals surface area contributed by atoms with Crippen molar-refractivity contribution in [1.82, 2.24) is 5.32 Å². The Labute approximate surface area is 98.0 Å². The molecule has 1 fully saturated rings. The molecule has 0 aromatic carbocycles. The van der Waals surface area contributed by atoms with Crippen molar-refractivity contribution in [2.75, 3.05) is 0 Å². The largest absolute Gasteiger partial charge is 0.391 e. The highest BCUT2D eigenvalue weighted by molar-refractivity contribution is 5.85. The summed E-state index contributed by atoms with van der Waals surface area (Å²) in [6.07, 6.45) is -2.95. The van der Waals surface area contributed by atoms with E-state index >= 15 is 0 Å². The molecule has 6 heteroatoms. The van der Waals surface area contributed by atoms with E-state index in [1.165, 1.54) is 6.92 Å². The first-order valence-electron chi connectivity index (χ1n) is 5.58. The minimum Gasteiger partial charge on any atom is -0.352 e. The summed E-state index contributed by atoms with van der Waals surface area (Å²) in [5.41, 5.74) is -1.11. The molecule has 17 heavy (non-hydrogen) atoms. The number of nitriles is 1. The van der Waals surface area contributed by atoms with Gasteiger partial charge in [-0.2, -0.15) is 18.4 Å². The summed E-state index contributed by atoms with van der Waals surface area (Å²) in [4.78, 5) is 11.8. The van der Waals surface area contributed by atoms with E-state index < -0.39 is 30.0 Å². The van der Waals surface area contributed by atoms with Gasteiger partial charge in [-0.05, 0) is 19.8 Å². The molecule has 0 aromatic heterocycles. The maximum absolute atomic E-state index is 12.1. The molecule has 0 bridgehead atoms. The van der Waals surface area contributed by atoms with E-state index in [0.717, 1.165) is 12.8 Å². The minimum atomic E-state index is -4.30. The van der Waals surface area contributed by atoms with Crippen LogP contribution in [-0.4, -0.2) is 18.1 Å². The first kappa shape index (κ1) is 13.8. The first-order valence-corrected chi connectivity index (χ1v) is 5.58. The lowest BCUT2D eigenvalue weighted by molar-refractivity contribution is -0.143. The minimum absolute atomic E-state index is 0.439. The zero-order chi connectivity index (χ0) is 13.1. The average molecular weight is 248 g/mol. The Hall–Kier alpha value is -1.25. The van der Waals surface area contributed by atoms with Crippen molar-refractivity contribution in [2.24, 2.45) is 5.41 Å². The molecule has 1 atom stereocenters. The van der Waals surface area contributed by atoms with Gasteiger partial charge in [-0.3, -0.25) is 4.79 Å². The maximum Gasteiger partial charge on any atom is 0.391 e. The van der Waals surface area contributed by atoms with Crippen molar-refractivity contribution in [1.29, 1.82) is 5.26 Å². The van der Waals surface area contributed by atoms with Gasteiger partial charge < -0.3 is 5.32 Å². The molecule has 1 rings (SSSR count). The Morgan fingerprint density at radius 1 is 1.47 bits per heavy atom. The number of nitrogens with zero attached hydrogens (tertiary/aromatic N) is 1. The number of amides is 1. The number of alkyl halides is 3. The van der Waals surface area contributed by atoms with Gasteiger partial charge in [-0.1, -0.05) is 12.8 Å². The molecule has 0 heterocycles. The lowest BCUT2D eigenvalue weighted by atomic mass is 9.86. The van der Waals surface area contributed by atoms with E-state index in [9.17, 15) is 18.0 Å². The van der Waals surface area contributed by atoms with Crippen LogP contribution in [0.15, 0.2) is 0 Å². The fourth-order valence-electron chi connectivity index (χ4n) is 2.13. The third-order valence-corrected chi connectivity index (χ3v) is 3.02. The summed E-state index contributed by atoms with van der Waals surface area (Å²) in [7, 11) is 0. The van der Waals surface area contributed by atoms with Crippen LogP contribution in [0.2, 0.25) is 0 Å². The number of halogens is 3. The van der Waals surface area contributed by atoms with Gasteiger partial charge >= 0.3 is 6.18 Å². The summed E-state index contributed by atoms with van der Waals surface area (Å²) in [6, 6.07) is 0.960. The molecule has 0 radical (unpaired) electrons. The molecule has 1 aliphatic carbocycles. The highest BCUT2D eigenvalue weighted by Gasteiger charge is 2.42. The fourth-order valence-corrected chi connectivity index (χ4v) is 2.13. The van der Waals surface area contributed by atoms with Crippen LogP contribution in [0.4, 0.5) is 13.2 Å². The number of hydrogen-bond acceptors (Lipinski definition) is 2. The SMILES string of the molecule is CC(CC(F)(F)F)NC(=O)C1(C#N)CCCC1. The normalized spacial score (nSPS) is 20.6. The Kier molecular flexibility index (Phi) is 4.02. The molecule has 96 valence electrons. The monoisotopic (exact) mass is 248 g/mol. The van der Waals surface area contributed by atoms with Crippen molar-refractivity contribution in [3.8, 4) is 6.07 Å². The van der Waals surface area contributed by atoms with Crippen LogP contribution in [0.5, 0.6) is 0 Å². The summed E-state index contributed by atoms with van der Waals surface area (Å²) < 4.78 is 36.3. The topological polar surface area (TPSA) is 52.9 Å². The number of nitrogens with one attached hydrogen (secondary N) is 1. The van der Waals surface area contributed by atoms with E-state index in [1.54, 1.807) is 0 Å². The van der Waals surface area contributed by atoms with Crippen molar-refractivity contribution in [3.63, 3.8) is 0 Å². The molecule has 1 amide bonds. The lowest BCUT2D eigenvalue weighted by Gasteiger charge is -2.23. The standard InChI is InChI=1S/C11H15F3N2O/c1-8(6-11(12,13)14)16-9(17)10(7-15)4-2-3-5-10/h8H,2-6H2,1H3,(H,16,17). The van der Waals surface area contributed by atoms with E-state index in [-0.39, 0.29) is 0 Å². The van der Waals surface area contributed by atoms with Crippen LogP contribution in [0.1, 0.15) is 39.0 Å². The molecule has 3 nitrogen and oxygen atoms in total. The quantitative estimate of drug-likeness (QED) is 0.834. The second kappa shape index (κ2) is 4.94. The maximum atomic E-state index is 12.1. The molecule has 1 saturated carbocycles. The van der Waals surface area contributed by atoms with Crippen molar-refractivity contribution in [3.05, 3.63) is 0 Å². The zero-order valence-corrected chi connectivity index (χ0v) is 9.60. The summed E-state index contributed by atoms with van der Waals surface area (Å²) >= 11 is 0. The molecule has 1 N–H and O–H groups in total. The van der Waals surface area contributed by atoms with Crippen molar-refractivity contribution in [2.45, 2.75) is 51.2 Å². The van der Waals surface area contributed by atoms with E-state index in [4.69, 9.17) is 5.26 Å². The van der Waals surface area contributed by atoms with E-state index in [1.807, 2.05) is 6.07 Å². The lowest BCUT2D eigenvalue weighted by Crippen LogP contribution is -2.44. The highest BCUT2D eigenvalue weighted by Crippen LogP contribution is 2.37. The predicted molar refractivity (Wildman–Crippen MR) is 54.8 cm³/mol. The molecule has 1 unspecified atom stereocenters. The van der Waals surface area contributed by atoms with Crippen LogP contribution in [0.3, 0.4) is 0 Å². The third kappa shape index (κ3) is 3.62. The van der Waals surface area contributed by atoms with Crippen molar-refractivity contribution < 1.29 is 18.0 Å². The predicted octanol–water partition coefficient (Wildman–Crippen LogP) is 2.53. The first-order chi connectivity index (χ1) is 7.79. The highest BCUT2D eigenvalue weighted by atomic mass is 19.4. The molecule has 0 saturated heterocycles. The number of carbonyl (C=O) groups is 1.